The Morgan fingerprint density at radius 1 is 0.841 bits per heavy atom. The van der Waals surface area contributed by atoms with Crippen LogP contribution in [0.25, 0.3) is 0 Å². The predicted molar refractivity (Wildman–Crippen MR) is 175 cm³/mol. The molecule has 0 aromatic rings. The molecule has 0 spiro atoms. The van der Waals surface area contributed by atoms with Crippen LogP contribution in [0.15, 0.2) is 0 Å². The Hall–Kier alpha value is -1.14. The Bertz CT molecular complexity index is 1020. The molecule has 3 unspecified atom stereocenters. The zero-order chi connectivity index (χ0) is 31.1. The van der Waals surface area contributed by atoms with E-state index in [1.54, 1.807) is 6.92 Å². The lowest BCUT2D eigenvalue weighted by atomic mass is 9.44. The van der Waals surface area contributed by atoms with Gasteiger partial charge in [-0.2, -0.15) is 0 Å². The predicted octanol–water partition coefficient (Wildman–Crippen LogP) is 7.53. The molecule has 6 fully saturated rings. The van der Waals surface area contributed by atoms with Gasteiger partial charge in [0.1, 0.15) is 12.1 Å². The van der Waals surface area contributed by atoms with Crippen LogP contribution in [0.3, 0.4) is 0 Å². The Morgan fingerprint density at radius 3 is 2.20 bits per heavy atom. The first-order valence-electron chi connectivity index (χ1n) is 19.1. The average Bonchev–Trinajstić information content (AvgIpc) is 3.14. The molecule has 2 heterocycles. The zero-order valence-corrected chi connectivity index (χ0v) is 29.0. The van der Waals surface area contributed by atoms with Gasteiger partial charge in [0.05, 0.1) is 19.6 Å². The summed E-state index contributed by atoms with van der Waals surface area (Å²) in [5.74, 6) is 2.63. The number of hydrogen-bond acceptors (Lipinski definition) is 5. The normalized spacial score (nSPS) is 44.0. The van der Waals surface area contributed by atoms with Gasteiger partial charge in [0, 0.05) is 31.2 Å². The summed E-state index contributed by atoms with van der Waals surface area (Å²) in [6.45, 7) is 17.3. The minimum Gasteiger partial charge on any atom is -0.461 e. The average molecular weight is 614 g/mol. The van der Waals surface area contributed by atoms with Gasteiger partial charge in [-0.05, 0) is 133 Å². The van der Waals surface area contributed by atoms with Crippen LogP contribution in [0.4, 0.5) is 0 Å². The molecule has 4 aliphatic carbocycles. The van der Waals surface area contributed by atoms with Crippen molar-refractivity contribution in [3.05, 3.63) is 0 Å². The van der Waals surface area contributed by atoms with Crippen LogP contribution in [0, 0.1) is 34.5 Å². The van der Waals surface area contributed by atoms with Crippen LogP contribution < -0.4 is 0 Å². The van der Waals surface area contributed by atoms with Gasteiger partial charge >= 0.3 is 11.9 Å². The molecule has 2 aliphatic heterocycles. The van der Waals surface area contributed by atoms with Crippen molar-refractivity contribution < 1.29 is 23.5 Å². The van der Waals surface area contributed by atoms with E-state index in [2.05, 4.69) is 32.6 Å². The lowest BCUT2D eigenvalue weighted by Crippen LogP contribution is -2.62. The summed E-state index contributed by atoms with van der Waals surface area (Å²) in [7, 11) is 0. The van der Waals surface area contributed by atoms with Gasteiger partial charge in [-0.25, -0.2) is 0 Å². The number of carbonyl (C=O) groups excluding carboxylic acids is 2. The van der Waals surface area contributed by atoms with Gasteiger partial charge in [0.25, 0.3) is 0 Å². The number of likely N-dealkylation sites (tertiary alicyclic amines) is 2. The van der Waals surface area contributed by atoms with E-state index < -0.39 is 0 Å². The van der Waals surface area contributed by atoms with Crippen LogP contribution in [-0.2, 0) is 19.1 Å². The summed E-state index contributed by atoms with van der Waals surface area (Å²) in [5, 5.41) is 0. The zero-order valence-electron chi connectivity index (χ0n) is 29.0. The summed E-state index contributed by atoms with van der Waals surface area (Å²) in [4.78, 5) is 28.2. The summed E-state index contributed by atoms with van der Waals surface area (Å²) in [6, 6.07) is 0.802. The van der Waals surface area contributed by atoms with Gasteiger partial charge < -0.3 is 14.0 Å². The van der Waals surface area contributed by atoms with Crippen molar-refractivity contribution in [2.45, 2.75) is 162 Å². The fourth-order valence-electron chi connectivity index (χ4n) is 12.5. The van der Waals surface area contributed by atoms with Crippen LogP contribution in [0.5, 0.6) is 0 Å². The van der Waals surface area contributed by atoms with E-state index in [0.717, 1.165) is 38.4 Å². The Balaban J connectivity index is 1.30. The Kier molecular flexibility index (Phi) is 9.81. The van der Waals surface area contributed by atoms with Gasteiger partial charge in [-0.3, -0.25) is 14.5 Å². The molecule has 0 aromatic heterocycles. The van der Waals surface area contributed by atoms with E-state index in [0.29, 0.717) is 36.3 Å². The van der Waals surface area contributed by atoms with Gasteiger partial charge in [0.15, 0.2) is 6.10 Å². The monoisotopic (exact) mass is 613 g/mol. The Labute approximate surface area is 268 Å². The van der Waals surface area contributed by atoms with E-state index in [9.17, 15) is 9.59 Å². The van der Waals surface area contributed by atoms with Gasteiger partial charge in [-0.1, -0.05) is 27.2 Å². The number of piperidine rings is 1. The van der Waals surface area contributed by atoms with E-state index in [4.69, 9.17) is 9.47 Å². The lowest BCUT2D eigenvalue weighted by molar-refractivity contribution is -0.951. The highest BCUT2D eigenvalue weighted by Crippen LogP contribution is 2.68. The smallest absolute Gasteiger partial charge is 0.306 e. The third-order valence-corrected chi connectivity index (χ3v) is 14.8. The highest BCUT2D eigenvalue weighted by molar-refractivity contribution is 5.69. The first-order valence-corrected chi connectivity index (χ1v) is 19.1. The van der Waals surface area contributed by atoms with E-state index in [1.807, 2.05) is 0 Å². The number of fused-ring (bicyclic) bond motifs is 5. The number of rotatable bonds is 7. The molecule has 6 nitrogen and oxygen atoms in total. The molecular weight excluding hydrogens is 548 g/mol. The Morgan fingerprint density at radius 2 is 1.55 bits per heavy atom. The van der Waals surface area contributed by atoms with Crippen molar-refractivity contribution in [2.24, 2.45) is 34.5 Å². The van der Waals surface area contributed by atoms with Crippen molar-refractivity contribution in [2.75, 3.05) is 32.7 Å². The number of nitrogens with zero attached hydrogens (tertiary/aromatic N) is 2. The second kappa shape index (κ2) is 13.2. The van der Waals surface area contributed by atoms with Crippen LogP contribution >= 0.6 is 0 Å². The van der Waals surface area contributed by atoms with Gasteiger partial charge in [-0.15, -0.1) is 0 Å². The number of esters is 2. The van der Waals surface area contributed by atoms with E-state index in [1.165, 1.54) is 101 Å². The minimum absolute atomic E-state index is 0.0411. The maximum absolute atomic E-state index is 13.3. The minimum atomic E-state index is -0.107. The second-order valence-corrected chi connectivity index (χ2v) is 16.8. The first kappa shape index (κ1) is 32.8. The number of hydrogen-bond donors (Lipinski definition) is 0. The van der Waals surface area contributed by atoms with Gasteiger partial charge in [0.2, 0.25) is 0 Å². The molecule has 6 heteroatoms. The summed E-state index contributed by atoms with van der Waals surface area (Å²) < 4.78 is 14.0. The molecule has 0 N–H and O–H groups in total. The fourth-order valence-corrected chi connectivity index (χ4v) is 12.5. The maximum Gasteiger partial charge on any atom is 0.306 e. The van der Waals surface area contributed by atoms with Crippen molar-refractivity contribution in [1.82, 2.24) is 4.90 Å². The molecule has 44 heavy (non-hydrogen) atoms. The number of ether oxygens (including phenoxy) is 2. The third kappa shape index (κ3) is 5.79. The topological polar surface area (TPSA) is 55.8 Å². The van der Waals surface area contributed by atoms with Crippen molar-refractivity contribution in [3.63, 3.8) is 0 Å². The molecule has 4 saturated carbocycles. The first-order chi connectivity index (χ1) is 21.1. The largest absolute Gasteiger partial charge is 0.461 e. The standard InChI is InChI=1S/C38H65N2O4/c1-6-15-35(42)44-36-33(40(7-2)22-13-8-9-14-23-40)25-31-29-17-16-28-24-34(43-27(3)41)32(39-20-11-10-12-21-39)26-38(28,5)30(29)18-19-37(31,36)4/h28-34,36H,6-26H2,1-5H3/q+1/t28-,29?,30?,31?,32-,33-,34-,36-,37-,38-/m0/s1. The fraction of sp³-hybridized carbons (Fsp3) is 0.947. The van der Waals surface area contributed by atoms with Crippen molar-refractivity contribution in [1.29, 1.82) is 0 Å². The van der Waals surface area contributed by atoms with Crippen molar-refractivity contribution in [3.8, 4) is 0 Å². The number of quaternary nitrogens is 1. The highest BCUT2D eigenvalue weighted by Gasteiger charge is 2.67. The van der Waals surface area contributed by atoms with E-state index >= 15 is 0 Å². The molecule has 6 aliphatic rings. The van der Waals surface area contributed by atoms with Crippen LogP contribution in [0.1, 0.15) is 137 Å². The SMILES string of the molecule is CCCC(=O)O[C@H]1[C@@H]([N+]2(CC)CCCCCC2)CC2C3CC[C@H]4C[C@H](OC(C)=O)[C@@H](N5CCCCC5)C[C@]4(C)C3CC[C@@]21C. The third-order valence-electron chi connectivity index (χ3n) is 14.8. The number of likely N-dealkylation sites (N-methyl/N-ethyl adjacent to an activating group) is 1. The molecule has 0 amide bonds. The van der Waals surface area contributed by atoms with Crippen LogP contribution in [0.2, 0.25) is 0 Å². The number of carbonyl (C=O) groups is 2. The maximum atomic E-state index is 13.3. The summed E-state index contributed by atoms with van der Waals surface area (Å²) in [6.07, 6.45) is 19.2. The highest BCUT2D eigenvalue weighted by atomic mass is 16.5. The van der Waals surface area contributed by atoms with Crippen LogP contribution in [-0.4, -0.2) is 78.3 Å². The second-order valence-electron chi connectivity index (χ2n) is 16.8. The molecule has 2 saturated heterocycles. The lowest BCUT2D eigenvalue weighted by Gasteiger charge is -2.62. The van der Waals surface area contributed by atoms with Crippen molar-refractivity contribution >= 4 is 11.9 Å². The molecule has 0 aromatic carbocycles. The molecule has 0 bridgehead atoms. The summed E-state index contributed by atoms with van der Waals surface area (Å²) in [5.41, 5.74) is 0.363. The molecule has 0 radical (unpaired) electrons. The molecular formula is C38H65N2O4+. The molecule has 6 rings (SSSR count). The molecule has 250 valence electrons. The van der Waals surface area contributed by atoms with E-state index in [-0.39, 0.29) is 35.0 Å². The summed E-state index contributed by atoms with van der Waals surface area (Å²) >= 11 is 0. The quantitative estimate of drug-likeness (QED) is 0.220. The molecule has 10 atom stereocenters.